The molecule has 6 aromatic rings. The van der Waals surface area contributed by atoms with Gasteiger partial charge in [0.15, 0.2) is 5.01 Å². The van der Waals surface area contributed by atoms with Crippen molar-refractivity contribution in [2.75, 3.05) is 11.9 Å². The summed E-state index contributed by atoms with van der Waals surface area (Å²) in [4.78, 5) is 26.7. The molecule has 0 spiro atoms. The predicted octanol–water partition coefficient (Wildman–Crippen LogP) is 7.45. The van der Waals surface area contributed by atoms with E-state index in [0.717, 1.165) is 62.1 Å². The van der Waals surface area contributed by atoms with Gasteiger partial charge in [-0.25, -0.2) is 9.97 Å². The van der Waals surface area contributed by atoms with Crippen molar-refractivity contribution in [3.63, 3.8) is 0 Å². The lowest BCUT2D eigenvalue weighted by molar-refractivity contribution is 0.102. The minimum Gasteiger partial charge on any atom is -0.311 e. The summed E-state index contributed by atoms with van der Waals surface area (Å²) < 4.78 is 2.17. The Balaban J connectivity index is 1.26. The van der Waals surface area contributed by atoms with Crippen LogP contribution < -0.4 is 5.32 Å². The van der Waals surface area contributed by atoms with Gasteiger partial charge in [0.05, 0.1) is 20.4 Å². The molecule has 3 aromatic heterocycles. The molecule has 0 radical (unpaired) electrons. The Morgan fingerprint density at radius 1 is 0.838 bits per heavy atom. The van der Waals surface area contributed by atoms with E-state index >= 15 is 0 Å². The van der Waals surface area contributed by atoms with Crippen LogP contribution in [0.15, 0.2) is 78.9 Å². The molecule has 4 heterocycles. The van der Waals surface area contributed by atoms with Crippen LogP contribution in [-0.4, -0.2) is 27.3 Å². The highest BCUT2D eigenvalue weighted by Gasteiger charge is 2.28. The molecule has 3 aromatic carbocycles. The van der Waals surface area contributed by atoms with Crippen molar-refractivity contribution in [3.05, 3.63) is 99.9 Å². The van der Waals surface area contributed by atoms with Crippen molar-refractivity contribution in [2.45, 2.75) is 19.5 Å². The van der Waals surface area contributed by atoms with Crippen LogP contribution in [0.1, 0.15) is 25.8 Å². The summed E-state index contributed by atoms with van der Waals surface area (Å²) in [5, 5.41) is 5.55. The van der Waals surface area contributed by atoms with Gasteiger partial charge in [-0.1, -0.05) is 54.6 Å². The highest BCUT2D eigenvalue weighted by molar-refractivity contribution is 7.23. The maximum Gasteiger partial charge on any atom is 0.285 e. The standard InChI is InChI=1S/C29H22N4OS3/c34-26(29-31-21-11-5-7-13-23(21)36-29)32-28-25(27-30-20-10-4-6-12-22(20)35-27)19-14-15-33(17-24(19)37-28)16-18-8-2-1-3-9-18/h1-13H,14-17H2,(H,32,34). The number of nitrogens with one attached hydrogen (secondary N) is 1. The number of carbonyl (C=O) groups is 1. The number of fused-ring (bicyclic) bond motifs is 3. The van der Waals surface area contributed by atoms with Crippen molar-refractivity contribution in [1.82, 2.24) is 14.9 Å². The van der Waals surface area contributed by atoms with Gasteiger partial charge in [-0.15, -0.1) is 34.0 Å². The molecule has 1 amide bonds. The SMILES string of the molecule is O=C(Nc1sc2c(c1-c1nc3ccccc3s1)CCN(Cc1ccccc1)C2)c1nc2ccccc2s1. The van der Waals surface area contributed by atoms with Crippen LogP contribution >= 0.6 is 34.0 Å². The van der Waals surface area contributed by atoms with E-state index in [4.69, 9.17) is 4.98 Å². The van der Waals surface area contributed by atoms with Crippen LogP contribution in [0.2, 0.25) is 0 Å². The van der Waals surface area contributed by atoms with E-state index < -0.39 is 0 Å². The van der Waals surface area contributed by atoms with Gasteiger partial charge < -0.3 is 5.32 Å². The maximum absolute atomic E-state index is 13.4. The molecule has 7 rings (SSSR count). The molecule has 0 saturated carbocycles. The number of aromatic nitrogens is 2. The van der Waals surface area contributed by atoms with Crippen molar-refractivity contribution < 1.29 is 4.79 Å². The van der Waals surface area contributed by atoms with Crippen LogP contribution in [0.3, 0.4) is 0 Å². The second-order valence-corrected chi connectivity index (χ2v) is 12.2. The van der Waals surface area contributed by atoms with E-state index in [0.29, 0.717) is 5.01 Å². The minimum absolute atomic E-state index is 0.164. The number of anilines is 1. The number of benzene rings is 3. The van der Waals surface area contributed by atoms with Crippen molar-refractivity contribution in [1.29, 1.82) is 0 Å². The average molecular weight is 539 g/mol. The van der Waals surface area contributed by atoms with E-state index in [2.05, 4.69) is 57.7 Å². The summed E-state index contributed by atoms with van der Waals surface area (Å²) in [5.74, 6) is -0.164. The summed E-state index contributed by atoms with van der Waals surface area (Å²) in [7, 11) is 0. The summed E-state index contributed by atoms with van der Waals surface area (Å²) >= 11 is 4.80. The second-order valence-electron chi connectivity index (χ2n) is 9.08. The fourth-order valence-corrected chi connectivity index (χ4v) is 8.11. The Morgan fingerprint density at radius 2 is 1.54 bits per heavy atom. The fourth-order valence-electron chi connectivity index (χ4n) is 4.85. The van der Waals surface area contributed by atoms with Crippen molar-refractivity contribution in [3.8, 4) is 10.6 Å². The number of hydrogen-bond donors (Lipinski definition) is 1. The summed E-state index contributed by atoms with van der Waals surface area (Å²) in [6, 6.07) is 26.7. The van der Waals surface area contributed by atoms with E-state index in [1.807, 2.05) is 36.4 Å². The Kier molecular flexibility index (Phi) is 5.82. The Bertz CT molecular complexity index is 1690. The van der Waals surface area contributed by atoms with Gasteiger partial charge in [0.2, 0.25) is 0 Å². The van der Waals surface area contributed by atoms with Gasteiger partial charge in [0, 0.05) is 30.1 Å². The number of nitrogens with zero attached hydrogens (tertiary/aromatic N) is 3. The molecule has 182 valence electrons. The number of thiazole rings is 2. The highest BCUT2D eigenvalue weighted by atomic mass is 32.1. The first-order valence-corrected chi connectivity index (χ1v) is 14.6. The number of rotatable bonds is 5. The smallest absolute Gasteiger partial charge is 0.285 e. The first kappa shape index (κ1) is 22.7. The quantitative estimate of drug-likeness (QED) is 0.248. The molecule has 0 aliphatic carbocycles. The maximum atomic E-state index is 13.4. The molecule has 0 unspecified atom stereocenters. The Hall–Kier alpha value is -3.43. The highest BCUT2D eigenvalue weighted by Crippen LogP contribution is 2.46. The van der Waals surface area contributed by atoms with Gasteiger partial charge in [0.1, 0.15) is 10.0 Å². The van der Waals surface area contributed by atoms with Gasteiger partial charge in [-0.3, -0.25) is 9.69 Å². The zero-order chi connectivity index (χ0) is 24.8. The number of carbonyl (C=O) groups excluding carboxylic acids is 1. The van der Waals surface area contributed by atoms with E-state index in [1.165, 1.54) is 27.3 Å². The molecule has 1 N–H and O–H groups in total. The third-order valence-corrected chi connectivity index (χ3v) is 9.83. The Labute approximate surface area is 226 Å². The van der Waals surface area contributed by atoms with E-state index in [1.54, 1.807) is 22.7 Å². The molecule has 5 nitrogen and oxygen atoms in total. The van der Waals surface area contributed by atoms with Gasteiger partial charge >= 0.3 is 0 Å². The number of para-hydroxylation sites is 2. The minimum atomic E-state index is -0.164. The molecule has 1 aliphatic rings. The van der Waals surface area contributed by atoms with Crippen LogP contribution in [0.4, 0.5) is 5.00 Å². The third-order valence-electron chi connectivity index (χ3n) is 6.61. The monoisotopic (exact) mass is 538 g/mol. The molecular formula is C29H22N4OS3. The first-order valence-electron chi connectivity index (χ1n) is 12.1. The van der Waals surface area contributed by atoms with E-state index in [-0.39, 0.29) is 5.91 Å². The van der Waals surface area contributed by atoms with Crippen LogP contribution in [0.5, 0.6) is 0 Å². The molecule has 0 bridgehead atoms. The number of thiophene rings is 1. The van der Waals surface area contributed by atoms with E-state index in [9.17, 15) is 4.79 Å². The number of amides is 1. The molecule has 1 aliphatic heterocycles. The zero-order valence-electron chi connectivity index (χ0n) is 19.8. The first-order chi connectivity index (χ1) is 18.2. The van der Waals surface area contributed by atoms with Gasteiger partial charge in [-0.2, -0.15) is 0 Å². The molecule has 8 heteroatoms. The zero-order valence-corrected chi connectivity index (χ0v) is 22.3. The van der Waals surface area contributed by atoms with Crippen LogP contribution in [0.25, 0.3) is 31.0 Å². The topological polar surface area (TPSA) is 58.1 Å². The molecule has 0 atom stereocenters. The Morgan fingerprint density at radius 3 is 2.30 bits per heavy atom. The lowest BCUT2D eigenvalue weighted by Crippen LogP contribution is -2.29. The largest absolute Gasteiger partial charge is 0.311 e. The molecule has 0 saturated heterocycles. The third kappa shape index (κ3) is 4.36. The summed E-state index contributed by atoms with van der Waals surface area (Å²) in [6.07, 6.45) is 0.931. The average Bonchev–Trinajstić information content (AvgIpc) is 3.63. The summed E-state index contributed by atoms with van der Waals surface area (Å²) in [5.41, 5.74) is 5.56. The predicted molar refractivity (Wildman–Crippen MR) is 155 cm³/mol. The van der Waals surface area contributed by atoms with Gasteiger partial charge in [-0.05, 0) is 41.8 Å². The summed E-state index contributed by atoms with van der Waals surface area (Å²) in [6.45, 7) is 2.76. The fraction of sp³-hybridized carbons (Fsp3) is 0.138. The second kappa shape index (κ2) is 9.46. The molecule has 0 fully saturated rings. The lowest BCUT2D eigenvalue weighted by Gasteiger charge is -2.27. The normalized spacial score (nSPS) is 13.7. The van der Waals surface area contributed by atoms with Crippen LogP contribution in [0, 0.1) is 0 Å². The number of hydrogen-bond acceptors (Lipinski definition) is 7. The lowest BCUT2D eigenvalue weighted by atomic mass is 10.0. The van der Waals surface area contributed by atoms with Crippen molar-refractivity contribution >= 4 is 65.4 Å². The van der Waals surface area contributed by atoms with Crippen molar-refractivity contribution in [2.24, 2.45) is 0 Å². The molecular weight excluding hydrogens is 517 g/mol. The molecule has 37 heavy (non-hydrogen) atoms. The van der Waals surface area contributed by atoms with Gasteiger partial charge in [0.25, 0.3) is 5.91 Å². The van der Waals surface area contributed by atoms with Crippen LogP contribution in [-0.2, 0) is 19.5 Å².